The fourth-order valence-corrected chi connectivity index (χ4v) is 1.59. The molecular weight excluding hydrogens is 194 g/mol. The second-order valence-corrected chi connectivity index (χ2v) is 3.89. The Kier molecular flexibility index (Phi) is 1.44. The van der Waals surface area contributed by atoms with Crippen LogP contribution in [0.15, 0.2) is 36.4 Å². The molecule has 1 aromatic heterocycles. The van der Waals surface area contributed by atoms with Crippen molar-refractivity contribution in [1.82, 2.24) is 0 Å². The van der Waals surface area contributed by atoms with Gasteiger partial charge < -0.3 is 0 Å². The summed E-state index contributed by atoms with van der Waals surface area (Å²) >= 11 is 0. The standard InChI is InChI=1S/C15H18N/c1-11-7-5-6-8-14(11)15-9-12(2)13(3)10-16(15)4/h5-10H,1-4H3/q+1/i5D,6D,7D,8D,9D,10D. The first kappa shape index (κ1) is 5.62. The first-order valence-corrected chi connectivity index (χ1v) is 5.14. The molecule has 0 amide bonds. The topological polar surface area (TPSA) is 3.88 Å². The highest BCUT2D eigenvalue weighted by Crippen LogP contribution is 2.21. The third kappa shape index (κ3) is 1.85. The smallest absolute Gasteiger partial charge is 0.201 e. The molecule has 0 aliphatic heterocycles. The number of aromatic nitrogens is 1. The predicted molar refractivity (Wildman–Crippen MR) is 67.3 cm³/mol. The Morgan fingerprint density at radius 2 is 1.69 bits per heavy atom. The minimum absolute atomic E-state index is 0.111. The van der Waals surface area contributed by atoms with E-state index in [1.807, 2.05) is 0 Å². The van der Waals surface area contributed by atoms with Crippen molar-refractivity contribution in [2.24, 2.45) is 7.05 Å². The summed E-state index contributed by atoms with van der Waals surface area (Å²) in [7, 11) is 1.64. The molecule has 0 saturated heterocycles. The molecule has 2 aromatic rings. The highest BCUT2D eigenvalue weighted by molar-refractivity contribution is 5.61. The third-order valence-electron chi connectivity index (χ3n) is 2.65. The number of hydrogen-bond donors (Lipinski definition) is 0. The molecule has 0 bridgehead atoms. The zero-order valence-corrected chi connectivity index (χ0v) is 9.95. The molecule has 16 heavy (non-hydrogen) atoms. The van der Waals surface area contributed by atoms with Gasteiger partial charge in [-0.25, -0.2) is 4.57 Å². The molecule has 1 nitrogen and oxygen atoms in total. The van der Waals surface area contributed by atoms with Crippen LogP contribution in [0.2, 0.25) is 0 Å². The van der Waals surface area contributed by atoms with Crippen LogP contribution in [-0.2, 0) is 7.05 Å². The molecule has 0 aliphatic rings. The monoisotopic (exact) mass is 218 g/mol. The van der Waals surface area contributed by atoms with Gasteiger partial charge >= 0.3 is 0 Å². The summed E-state index contributed by atoms with van der Waals surface area (Å²) in [6.07, 6.45) is 0.232. The maximum absolute atomic E-state index is 8.34. The van der Waals surface area contributed by atoms with Crippen LogP contribution < -0.4 is 4.57 Å². The molecule has 1 heteroatoms. The summed E-state index contributed by atoms with van der Waals surface area (Å²) in [5, 5.41) is 0. The highest BCUT2D eigenvalue weighted by Gasteiger charge is 2.13. The van der Waals surface area contributed by atoms with Crippen molar-refractivity contribution < 1.29 is 12.8 Å². The van der Waals surface area contributed by atoms with Gasteiger partial charge in [0.2, 0.25) is 5.69 Å². The van der Waals surface area contributed by atoms with Gasteiger partial charge in [-0.15, -0.1) is 0 Å². The lowest BCUT2D eigenvalue weighted by Gasteiger charge is -2.06. The minimum atomic E-state index is -0.324. The predicted octanol–water partition coefficient (Wildman–Crippen LogP) is 3.10. The molecule has 1 aromatic carbocycles. The Hall–Kier alpha value is -1.63. The van der Waals surface area contributed by atoms with E-state index in [0.29, 0.717) is 22.4 Å². The largest absolute Gasteiger partial charge is 0.212 e. The highest BCUT2D eigenvalue weighted by atomic mass is 14.9. The quantitative estimate of drug-likeness (QED) is 0.648. The fraction of sp³-hybridized carbons (Fsp3) is 0.267. The summed E-state index contributed by atoms with van der Waals surface area (Å²) in [4.78, 5) is 0. The van der Waals surface area contributed by atoms with E-state index < -0.39 is 0 Å². The molecule has 2 rings (SSSR count). The van der Waals surface area contributed by atoms with E-state index in [0.717, 1.165) is 0 Å². The van der Waals surface area contributed by atoms with Crippen molar-refractivity contribution in [3.63, 3.8) is 0 Å². The first-order valence-electron chi connectivity index (χ1n) is 8.14. The van der Waals surface area contributed by atoms with Gasteiger partial charge in [-0.2, -0.15) is 0 Å². The maximum atomic E-state index is 8.34. The molecule has 0 N–H and O–H groups in total. The molecular formula is C15H18N+. The average molecular weight is 218 g/mol. The Labute approximate surface area is 106 Å². The number of hydrogen-bond acceptors (Lipinski definition) is 0. The van der Waals surface area contributed by atoms with E-state index in [1.165, 1.54) is 4.57 Å². The Balaban J connectivity index is 3.03. The van der Waals surface area contributed by atoms with E-state index in [4.69, 9.17) is 8.22 Å². The zero-order chi connectivity index (χ0) is 16.9. The number of pyridine rings is 1. The lowest BCUT2D eigenvalue weighted by Crippen LogP contribution is -2.31. The van der Waals surface area contributed by atoms with Crippen LogP contribution in [-0.4, -0.2) is 0 Å². The van der Waals surface area contributed by atoms with E-state index in [1.54, 1.807) is 27.8 Å². The average Bonchev–Trinajstić information content (AvgIpc) is 2.50. The Morgan fingerprint density at radius 1 is 1.00 bits per heavy atom. The second kappa shape index (κ2) is 4.09. The van der Waals surface area contributed by atoms with Crippen LogP contribution in [0.5, 0.6) is 0 Å². The van der Waals surface area contributed by atoms with Crippen molar-refractivity contribution in [1.29, 1.82) is 0 Å². The lowest BCUT2D eigenvalue weighted by atomic mass is 10.0. The van der Waals surface area contributed by atoms with Crippen molar-refractivity contribution in [2.45, 2.75) is 20.8 Å². The summed E-state index contributed by atoms with van der Waals surface area (Å²) < 4.78 is 49.7. The van der Waals surface area contributed by atoms with Crippen molar-refractivity contribution in [2.75, 3.05) is 0 Å². The van der Waals surface area contributed by atoms with Crippen LogP contribution in [0.25, 0.3) is 11.3 Å². The van der Waals surface area contributed by atoms with Crippen LogP contribution >= 0.6 is 0 Å². The van der Waals surface area contributed by atoms with E-state index in [-0.39, 0.29) is 41.9 Å². The Morgan fingerprint density at radius 3 is 2.44 bits per heavy atom. The summed E-state index contributed by atoms with van der Waals surface area (Å²) in [5.74, 6) is 0. The summed E-state index contributed by atoms with van der Waals surface area (Å²) in [6.45, 7) is 5.14. The lowest BCUT2D eigenvalue weighted by molar-refractivity contribution is -0.660. The molecule has 0 saturated carbocycles. The van der Waals surface area contributed by atoms with E-state index in [9.17, 15) is 0 Å². The first-order chi connectivity index (χ1) is 10.1. The van der Waals surface area contributed by atoms with Gasteiger partial charge in [0.1, 0.15) is 8.42 Å². The third-order valence-corrected chi connectivity index (χ3v) is 2.65. The normalized spacial score (nSPS) is 15.8. The summed E-state index contributed by atoms with van der Waals surface area (Å²) in [6, 6.07) is -0.709. The molecule has 0 fully saturated rings. The van der Waals surface area contributed by atoms with Crippen LogP contribution in [0.4, 0.5) is 0 Å². The van der Waals surface area contributed by atoms with Crippen LogP contribution in [0.1, 0.15) is 24.9 Å². The van der Waals surface area contributed by atoms with Crippen molar-refractivity contribution in [3.8, 4) is 11.3 Å². The van der Waals surface area contributed by atoms with Gasteiger partial charge in [0.05, 0.1) is 6.85 Å². The van der Waals surface area contributed by atoms with Gasteiger partial charge in [-0.3, -0.25) is 0 Å². The van der Waals surface area contributed by atoms with Crippen molar-refractivity contribution >= 4 is 0 Å². The number of rotatable bonds is 1. The fourth-order valence-electron chi connectivity index (χ4n) is 1.59. The Bertz CT molecular complexity index is 672. The van der Waals surface area contributed by atoms with E-state index in [2.05, 4.69) is 0 Å². The molecule has 1 heterocycles. The molecule has 0 atom stereocenters. The second-order valence-electron chi connectivity index (χ2n) is 3.89. The molecule has 0 aliphatic carbocycles. The van der Waals surface area contributed by atoms with E-state index >= 15 is 0 Å². The van der Waals surface area contributed by atoms with Gasteiger partial charge in [0.25, 0.3) is 0 Å². The van der Waals surface area contributed by atoms with Crippen LogP contribution in [0, 0.1) is 20.8 Å². The minimum Gasteiger partial charge on any atom is -0.201 e. The van der Waals surface area contributed by atoms with Gasteiger partial charge in [-0.05, 0) is 37.9 Å². The molecule has 0 radical (unpaired) electrons. The van der Waals surface area contributed by atoms with Crippen molar-refractivity contribution in [3.05, 3.63) is 53.1 Å². The number of nitrogens with zero attached hydrogens (tertiary/aromatic N) is 1. The summed E-state index contributed by atoms with van der Waals surface area (Å²) in [5.41, 5.74) is 2.35. The SMILES string of the molecule is [2H]c1c([2H])c([2H])c(-c2c([2H])c(C)c(C)c([2H])[n+]2C)c(C)c1[2H]. The van der Waals surface area contributed by atoms with Gasteiger partial charge in [-0.1, -0.05) is 18.1 Å². The number of benzene rings is 1. The maximum Gasteiger partial charge on any atom is 0.212 e. The van der Waals surface area contributed by atoms with Gasteiger partial charge in [0, 0.05) is 17.2 Å². The molecule has 0 unspecified atom stereocenters. The molecule has 82 valence electrons. The van der Waals surface area contributed by atoms with Crippen LogP contribution in [0.3, 0.4) is 0 Å². The zero-order valence-electron chi connectivity index (χ0n) is 15.9. The molecule has 0 spiro atoms. The van der Waals surface area contributed by atoms with Gasteiger partial charge in [0.15, 0.2) is 6.17 Å².